The van der Waals surface area contributed by atoms with Crippen LogP contribution in [0.15, 0.2) is 12.3 Å². The molecule has 1 unspecified atom stereocenters. The molecule has 6 heteroatoms. The molecule has 0 bridgehead atoms. The average molecular weight is 257 g/mol. The first-order valence-electron chi connectivity index (χ1n) is 5.28. The van der Waals surface area contributed by atoms with Gasteiger partial charge < -0.3 is 10.2 Å². The van der Waals surface area contributed by atoms with E-state index < -0.39 is 18.2 Å². The lowest BCUT2D eigenvalue weighted by molar-refractivity contribution is 0.131. The third kappa shape index (κ3) is 2.35. The minimum Gasteiger partial charge on any atom is -0.465 e. The first-order valence-corrected chi connectivity index (χ1v) is 5.66. The summed E-state index contributed by atoms with van der Waals surface area (Å²) < 4.78 is 0. The third-order valence-electron chi connectivity index (χ3n) is 2.90. The van der Waals surface area contributed by atoms with Gasteiger partial charge in [-0.3, -0.25) is 9.88 Å². The number of rotatable bonds is 1. The molecule has 1 aliphatic heterocycles. The number of amides is 1. The Morgan fingerprint density at radius 1 is 1.65 bits per heavy atom. The fraction of sp³-hybridized carbons (Fsp3) is 0.455. The molecular formula is C11H13ClN2O3. The molecular weight excluding hydrogens is 244 g/mol. The number of hydrogen-bond donors (Lipinski definition) is 2. The number of aryl methyl sites for hydroxylation is 1. The summed E-state index contributed by atoms with van der Waals surface area (Å²) in [6.45, 7) is 1.93. The maximum atomic E-state index is 11.1. The topological polar surface area (TPSA) is 73.7 Å². The van der Waals surface area contributed by atoms with Gasteiger partial charge >= 0.3 is 6.09 Å². The zero-order valence-electron chi connectivity index (χ0n) is 9.30. The Kier molecular flexibility index (Phi) is 3.22. The normalized spacial score (nSPS) is 24.1. The smallest absolute Gasteiger partial charge is 0.407 e. The molecule has 2 atom stereocenters. The van der Waals surface area contributed by atoms with Crippen LogP contribution >= 0.6 is 11.6 Å². The lowest BCUT2D eigenvalue weighted by atomic mass is 10.1. The van der Waals surface area contributed by atoms with Crippen LogP contribution in [0, 0.1) is 6.92 Å². The van der Waals surface area contributed by atoms with Gasteiger partial charge in [0.2, 0.25) is 0 Å². The summed E-state index contributed by atoms with van der Waals surface area (Å²) in [5, 5.41) is 19.1. The lowest BCUT2D eigenvalue weighted by Crippen LogP contribution is -2.30. The monoisotopic (exact) mass is 256 g/mol. The van der Waals surface area contributed by atoms with Crippen molar-refractivity contribution in [3.05, 3.63) is 28.5 Å². The number of aliphatic hydroxyl groups is 1. The van der Waals surface area contributed by atoms with E-state index in [-0.39, 0.29) is 6.54 Å². The summed E-state index contributed by atoms with van der Waals surface area (Å²) in [4.78, 5) is 16.4. The molecule has 0 radical (unpaired) electrons. The van der Waals surface area contributed by atoms with E-state index in [2.05, 4.69) is 4.98 Å². The number of nitrogens with zero attached hydrogens (tertiary/aromatic N) is 2. The van der Waals surface area contributed by atoms with Gasteiger partial charge in [0.25, 0.3) is 0 Å². The summed E-state index contributed by atoms with van der Waals surface area (Å²) in [5.74, 6) is 0. The van der Waals surface area contributed by atoms with Crippen molar-refractivity contribution in [3.63, 3.8) is 0 Å². The van der Waals surface area contributed by atoms with Crippen molar-refractivity contribution in [1.82, 2.24) is 9.88 Å². The molecule has 1 aromatic heterocycles. The minimum absolute atomic E-state index is 0.115. The van der Waals surface area contributed by atoms with Gasteiger partial charge in [-0.2, -0.15) is 0 Å². The molecule has 2 rings (SSSR count). The molecule has 1 aliphatic rings. The molecule has 0 aromatic carbocycles. The highest BCUT2D eigenvalue weighted by atomic mass is 35.5. The van der Waals surface area contributed by atoms with Crippen molar-refractivity contribution in [2.75, 3.05) is 6.54 Å². The molecule has 1 amide bonds. The van der Waals surface area contributed by atoms with Gasteiger partial charge in [-0.05, 0) is 19.4 Å². The second kappa shape index (κ2) is 4.50. The van der Waals surface area contributed by atoms with Crippen LogP contribution in [0.3, 0.4) is 0 Å². The molecule has 2 heterocycles. The molecule has 1 aromatic rings. The number of likely N-dealkylation sites (tertiary alicyclic amines) is 1. The Morgan fingerprint density at radius 3 is 2.94 bits per heavy atom. The molecule has 1 fully saturated rings. The van der Waals surface area contributed by atoms with Gasteiger partial charge in [-0.25, -0.2) is 4.79 Å². The van der Waals surface area contributed by atoms with Gasteiger partial charge in [-0.15, -0.1) is 0 Å². The van der Waals surface area contributed by atoms with Gasteiger partial charge in [0.1, 0.15) is 0 Å². The summed E-state index contributed by atoms with van der Waals surface area (Å²) in [5.41, 5.74) is 1.43. The summed E-state index contributed by atoms with van der Waals surface area (Å²) in [6, 6.07) is 1.28. The SMILES string of the molecule is Cc1cc(Cl)c(C2C[C@@H](O)CN2C(=O)O)cn1. The second-order valence-corrected chi connectivity index (χ2v) is 4.59. The zero-order valence-corrected chi connectivity index (χ0v) is 10.1. The van der Waals surface area contributed by atoms with Crippen molar-refractivity contribution in [2.24, 2.45) is 0 Å². The molecule has 17 heavy (non-hydrogen) atoms. The third-order valence-corrected chi connectivity index (χ3v) is 3.23. The van der Waals surface area contributed by atoms with Crippen LogP contribution in [-0.2, 0) is 0 Å². The Morgan fingerprint density at radius 2 is 2.35 bits per heavy atom. The van der Waals surface area contributed by atoms with E-state index in [1.807, 2.05) is 6.92 Å². The number of hydrogen-bond acceptors (Lipinski definition) is 3. The van der Waals surface area contributed by atoms with Crippen molar-refractivity contribution in [3.8, 4) is 0 Å². The highest BCUT2D eigenvalue weighted by Crippen LogP contribution is 2.35. The Labute approximate surface area is 104 Å². The molecule has 0 saturated carbocycles. The van der Waals surface area contributed by atoms with Gasteiger partial charge in [0, 0.05) is 22.5 Å². The highest BCUT2D eigenvalue weighted by Gasteiger charge is 2.36. The number of aromatic nitrogens is 1. The van der Waals surface area contributed by atoms with Crippen molar-refractivity contribution < 1.29 is 15.0 Å². The van der Waals surface area contributed by atoms with Crippen LogP contribution in [0.2, 0.25) is 5.02 Å². The highest BCUT2D eigenvalue weighted by molar-refractivity contribution is 6.31. The number of carbonyl (C=O) groups is 1. The number of halogens is 1. The zero-order chi connectivity index (χ0) is 12.6. The largest absolute Gasteiger partial charge is 0.465 e. The number of carboxylic acid groups (broad SMARTS) is 1. The minimum atomic E-state index is -1.05. The van der Waals surface area contributed by atoms with E-state index in [1.54, 1.807) is 12.3 Å². The Bertz CT molecular complexity index is 452. The van der Waals surface area contributed by atoms with Crippen molar-refractivity contribution >= 4 is 17.7 Å². The van der Waals surface area contributed by atoms with E-state index in [0.717, 1.165) is 5.69 Å². The first kappa shape index (κ1) is 12.1. The van der Waals surface area contributed by atoms with Crippen LogP contribution in [0.5, 0.6) is 0 Å². The van der Waals surface area contributed by atoms with Crippen LogP contribution in [0.1, 0.15) is 23.7 Å². The molecule has 0 spiro atoms. The van der Waals surface area contributed by atoms with E-state index in [4.69, 9.17) is 16.7 Å². The maximum Gasteiger partial charge on any atom is 0.407 e. The van der Waals surface area contributed by atoms with E-state index >= 15 is 0 Å². The summed E-state index contributed by atoms with van der Waals surface area (Å²) in [7, 11) is 0. The maximum absolute atomic E-state index is 11.1. The van der Waals surface area contributed by atoms with Crippen LogP contribution in [-0.4, -0.2) is 38.8 Å². The number of β-amino-alcohol motifs (C(OH)–C–C–N with tert-alkyl or cyclic N) is 1. The predicted octanol–water partition coefficient (Wildman–Crippen LogP) is 1.83. The number of pyridine rings is 1. The van der Waals surface area contributed by atoms with E-state index in [1.165, 1.54) is 4.90 Å². The fourth-order valence-electron chi connectivity index (χ4n) is 2.10. The molecule has 92 valence electrons. The average Bonchev–Trinajstić information content (AvgIpc) is 2.60. The van der Waals surface area contributed by atoms with Crippen molar-refractivity contribution in [2.45, 2.75) is 25.5 Å². The van der Waals surface area contributed by atoms with E-state index in [9.17, 15) is 9.90 Å². The Balaban J connectivity index is 2.34. The standard InChI is InChI=1S/C11H13ClN2O3/c1-6-2-9(12)8(4-13-6)10-3-7(15)5-14(10)11(16)17/h2,4,7,10,15H,3,5H2,1H3,(H,16,17)/t7-,10?/m1/s1. The summed E-state index contributed by atoms with van der Waals surface area (Å²) >= 11 is 6.09. The quantitative estimate of drug-likeness (QED) is 0.804. The molecule has 1 saturated heterocycles. The molecule has 5 nitrogen and oxygen atoms in total. The van der Waals surface area contributed by atoms with Crippen molar-refractivity contribution in [1.29, 1.82) is 0 Å². The molecule has 0 aliphatic carbocycles. The van der Waals surface area contributed by atoms with E-state index in [0.29, 0.717) is 17.0 Å². The Hall–Kier alpha value is -1.33. The van der Waals surface area contributed by atoms with Gasteiger partial charge in [0.15, 0.2) is 0 Å². The predicted molar refractivity (Wildman–Crippen MR) is 62.1 cm³/mol. The van der Waals surface area contributed by atoms with Gasteiger partial charge in [0.05, 0.1) is 18.7 Å². The van der Waals surface area contributed by atoms with Crippen LogP contribution in [0.4, 0.5) is 4.79 Å². The first-order chi connectivity index (χ1) is 7.99. The van der Waals surface area contributed by atoms with Crippen LogP contribution in [0.25, 0.3) is 0 Å². The van der Waals surface area contributed by atoms with Crippen LogP contribution < -0.4 is 0 Å². The number of aliphatic hydroxyl groups excluding tert-OH is 1. The second-order valence-electron chi connectivity index (χ2n) is 4.19. The fourth-order valence-corrected chi connectivity index (χ4v) is 2.43. The lowest BCUT2D eigenvalue weighted by Gasteiger charge is -2.22. The molecule has 2 N–H and O–H groups in total. The van der Waals surface area contributed by atoms with Gasteiger partial charge in [-0.1, -0.05) is 11.6 Å². The summed E-state index contributed by atoms with van der Waals surface area (Å²) in [6.07, 6.45) is 0.240.